The highest BCUT2D eigenvalue weighted by atomic mass is 16.6. The molecule has 2 aliphatic heterocycles. The van der Waals surface area contributed by atoms with Crippen LogP contribution in [-0.4, -0.2) is 16.6 Å². The van der Waals surface area contributed by atoms with Crippen LogP contribution >= 0.6 is 0 Å². The quantitative estimate of drug-likeness (QED) is 0.519. The molecule has 1 saturated heterocycles. The van der Waals surface area contributed by atoms with Crippen molar-refractivity contribution in [1.29, 1.82) is 0 Å². The molecule has 0 N–H and O–H groups in total. The van der Waals surface area contributed by atoms with Crippen LogP contribution in [0.15, 0.2) is 73.1 Å². The van der Waals surface area contributed by atoms with E-state index in [9.17, 15) is 4.79 Å². The average molecular weight is 373 g/mol. The predicted octanol–water partition coefficient (Wildman–Crippen LogP) is 3.41. The minimum atomic E-state index is -0.729. The first-order valence-corrected chi connectivity index (χ1v) is 10.2. The highest BCUT2D eigenvalue weighted by molar-refractivity contribution is 5.89. The van der Waals surface area contributed by atoms with Gasteiger partial charge in [-0.1, -0.05) is 60.7 Å². The Morgan fingerprint density at radius 2 is 1.68 bits per heavy atom. The molecule has 3 aromatic rings. The highest BCUT2D eigenvalue weighted by Gasteiger charge is 2.52. The number of fused-ring (bicyclic) bond motifs is 1. The fourth-order valence-electron chi connectivity index (χ4n) is 4.84. The lowest BCUT2D eigenvalue weighted by Gasteiger charge is -2.26. The van der Waals surface area contributed by atoms with Crippen molar-refractivity contribution in [3.05, 3.63) is 90.0 Å². The number of hydrogen-bond donors (Lipinski definition) is 0. The topological polar surface area (TPSA) is 35.1 Å². The monoisotopic (exact) mass is 373 g/mol. The number of carbonyl (C=O) groups is 1. The fourth-order valence-corrected chi connectivity index (χ4v) is 4.84. The van der Waals surface area contributed by atoms with Crippen molar-refractivity contribution in [1.82, 2.24) is 4.57 Å². The zero-order valence-corrected chi connectivity index (χ0v) is 16.0. The SMILES string of the molecule is O=C1OC(Cn2cc[n+]3c2CCCC3)CC1(c1ccccc1)c1ccccc1. The van der Waals surface area contributed by atoms with Gasteiger partial charge < -0.3 is 4.74 Å². The van der Waals surface area contributed by atoms with Gasteiger partial charge in [-0.3, -0.25) is 4.79 Å². The molecule has 0 saturated carbocycles. The maximum absolute atomic E-state index is 13.3. The van der Waals surface area contributed by atoms with Gasteiger partial charge in [0.25, 0.3) is 5.82 Å². The Kier molecular flexibility index (Phi) is 4.27. The van der Waals surface area contributed by atoms with Crippen LogP contribution in [0.4, 0.5) is 0 Å². The molecule has 2 aromatic carbocycles. The smallest absolute Gasteiger partial charge is 0.321 e. The molecule has 5 rings (SSSR count). The summed E-state index contributed by atoms with van der Waals surface area (Å²) in [5, 5.41) is 0. The van der Waals surface area contributed by atoms with Gasteiger partial charge in [0.1, 0.15) is 30.5 Å². The molecule has 2 aliphatic rings. The maximum Gasteiger partial charge on any atom is 0.321 e. The lowest BCUT2D eigenvalue weighted by molar-refractivity contribution is -0.709. The van der Waals surface area contributed by atoms with Crippen LogP contribution in [0.25, 0.3) is 0 Å². The second kappa shape index (κ2) is 6.93. The summed E-state index contributed by atoms with van der Waals surface area (Å²) in [6.07, 6.45) is 8.39. The third kappa shape index (κ3) is 2.75. The molecule has 0 bridgehead atoms. The van der Waals surface area contributed by atoms with Crippen molar-refractivity contribution < 1.29 is 14.1 Å². The largest absolute Gasteiger partial charge is 0.457 e. The van der Waals surface area contributed by atoms with Gasteiger partial charge in [0.05, 0.1) is 6.54 Å². The number of cyclic esters (lactones) is 1. The standard InChI is InChI=1S/C24H25N2O2/c27-23-24(19-9-3-1-4-10-19,20-11-5-2-6-12-20)17-21(28-23)18-26-16-15-25-14-8-7-13-22(25)26/h1-6,9-12,15-16,21H,7-8,13-14,17-18H2/q+1. The second-order valence-electron chi connectivity index (χ2n) is 7.89. The minimum Gasteiger partial charge on any atom is -0.457 e. The molecule has 3 heterocycles. The van der Waals surface area contributed by atoms with Crippen LogP contribution in [0, 0.1) is 0 Å². The summed E-state index contributed by atoms with van der Waals surface area (Å²) >= 11 is 0. The Bertz CT molecular complexity index is 939. The van der Waals surface area contributed by atoms with E-state index < -0.39 is 5.41 Å². The summed E-state index contributed by atoms with van der Waals surface area (Å²) in [7, 11) is 0. The van der Waals surface area contributed by atoms with Crippen LogP contribution in [0.3, 0.4) is 0 Å². The molecule has 0 amide bonds. The average Bonchev–Trinajstić information content (AvgIpc) is 3.31. The molecule has 4 nitrogen and oxygen atoms in total. The zero-order chi connectivity index (χ0) is 19.0. The molecule has 4 heteroatoms. The van der Waals surface area contributed by atoms with E-state index in [1.807, 2.05) is 60.7 Å². The van der Waals surface area contributed by atoms with Crippen LogP contribution in [0.5, 0.6) is 0 Å². The predicted molar refractivity (Wildman–Crippen MR) is 106 cm³/mol. The van der Waals surface area contributed by atoms with Crippen molar-refractivity contribution in [2.24, 2.45) is 0 Å². The number of benzene rings is 2. The molecule has 1 aromatic heterocycles. The molecule has 1 unspecified atom stereocenters. The van der Waals surface area contributed by atoms with E-state index >= 15 is 0 Å². The first-order chi connectivity index (χ1) is 13.8. The Balaban J connectivity index is 1.50. The summed E-state index contributed by atoms with van der Waals surface area (Å²) in [6.45, 7) is 1.81. The van der Waals surface area contributed by atoms with Crippen molar-refractivity contribution in [2.45, 2.75) is 50.3 Å². The molecule has 142 valence electrons. The number of rotatable bonds is 4. The number of nitrogens with zero attached hydrogens (tertiary/aromatic N) is 2. The first-order valence-electron chi connectivity index (χ1n) is 10.2. The van der Waals surface area contributed by atoms with Crippen LogP contribution < -0.4 is 4.57 Å². The van der Waals surface area contributed by atoms with E-state index in [1.165, 1.54) is 18.7 Å². The van der Waals surface area contributed by atoms with E-state index in [0.717, 1.165) is 30.6 Å². The van der Waals surface area contributed by atoms with Crippen molar-refractivity contribution in [3.63, 3.8) is 0 Å². The van der Waals surface area contributed by atoms with E-state index in [0.29, 0.717) is 6.42 Å². The zero-order valence-electron chi connectivity index (χ0n) is 16.0. The summed E-state index contributed by atoms with van der Waals surface area (Å²) in [5.74, 6) is 1.21. The third-order valence-electron chi connectivity index (χ3n) is 6.23. The lowest BCUT2D eigenvalue weighted by Crippen LogP contribution is -2.40. The molecular weight excluding hydrogens is 348 g/mol. The molecule has 1 fully saturated rings. The molecule has 0 aliphatic carbocycles. The molecule has 0 spiro atoms. The number of aryl methyl sites for hydroxylation is 1. The Morgan fingerprint density at radius 1 is 1.00 bits per heavy atom. The van der Waals surface area contributed by atoms with E-state index in [1.54, 1.807) is 0 Å². The first kappa shape index (κ1) is 17.2. The third-order valence-corrected chi connectivity index (χ3v) is 6.23. The summed E-state index contributed by atoms with van der Waals surface area (Å²) < 4.78 is 10.6. The highest BCUT2D eigenvalue weighted by Crippen LogP contribution is 2.43. The maximum atomic E-state index is 13.3. The van der Waals surface area contributed by atoms with Gasteiger partial charge in [-0.15, -0.1) is 0 Å². The van der Waals surface area contributed by atoms with Crippen LogP contribution in [0.2, 0.25) is 0 Å². The van der Waals surface area contributed by atoms with Crippen LogP contribution in [0.1, 0.15) is 36.2 Å². The van der Waals surface area contributed by atoms with Gasteiger partial charge in [0, 0.05) is 12.8 Å². The number of hydrogen-bond acceptors (Lipinski definition) is 2. The number of esters is 1. The van der Waals surface area contributed by atoms with Gasteiger partial charge in [0.2, 0.25) is 0 Å². The van der Waals surface area contributed by atoms with Gasteiger partial charge in [0.15, 0.2) is 0 Å². The number of imidazole rings is 1. The normalized spacial score (nSPS) is 20.6. The Hall–Kier alpha value is -2.88. The minimum absolute atomic E-state index is 0.132. The molecule has 0 radical (unpaired) electrons. The van der Waals surface area contributed by atoms with Crippen molar-refractivity contribution >= 4 is 5.97 Å². The van der Waals surface area contributed by atoms with E-state index in [2.05, 4.69) is 21.5 Å². The number of carbonyl (C=O) groups excluding carboxylic acids is 1. The van der Waals surface area contributed by atoms with E-state index in [-0.39, 0.29) is 12.1 Å². The molecular formula is C24H25N2O2+. The Morgan fingerprint density at radius 3 is 2.36 bits per heavy atom. The van der Waals surface area contributed by atoms with Gasteiger partial charge >= 0.3 is 5.97 Å². The number of ether oxygens (including phenoxy) is 1. The van der Waals surface area contributed by atoms with Gasteiger partial charge in [-0.25, -0.2) is 9.13 Å². The molecule has 1 atom stereocenters. The summed E-state index contributed by atoms with van der Waals surface area (Å²) in [6, 6.07) is 20.2. The lowest BCUT2D eigenvalue weighted by atomic mass is 9.72. The summed E-state index contributed by atoms with van der Waals surface area (Å²) in [5.41, 5.74) is 1.29. The van der Waals surface area contributed by atoms with E-state index in [4.69, 9.17) is 4.74 Å². The van der Waals surface area contributed by atoms with Gasteiger partial charge in [-0.2, -0.15) is 0 Å². The van der Waals surface area contributed by atoms with Gasteiger partial charge in [-0.05, 0) is 24.0 Å². The fraction of sp³-hybridized carbons (Fsp3) is 0.333. The number of aromatic nitrogens is 2. The second-order valence-corrected chi connectivity index (χ2v) is 7.89. The van der Waals surface area contributed by atoms with Crippen LogP contribution in [-0.2, 0) is 34.5 Å². The summed E-state index contributed by atoms with van der Waals surface area (Å²) in [4.78, 5) is 13.3. The van der Waals surface area contributed by atoms with Crippen molar-refractivity contribution in [3.8, 4) is 0 Å². The van der Waals surface area contributed by atoms with Crippen molar-refractivity contribution in [2.75, 3.05) is 0 Å². The molecule has 28 heavy (non-hydrogen) atoms. The Labute approximate surface area is 165 Å².